The fourth-order valence-corrected chi connectivity index (χ4v) is 6.24. The molecular weight excluding hydrogens is 358 g/mol. The molecule has 2 aliphatic rings. The van der Waals surface area contributed by atoms with Crippen molar-refractivity contribution in [3.05, 3.63) is 53.6 Å². The van der Waals surface area contributed by atoms with Crippen molar-refractivity contribution in [3.8, 4) is 11.3 Å². The van der Waals surface area contributed by atoms with Crippen LogP contribution in [0.4, 0.5) is 0 Å². The molecule has 0 atom stereocenters. The Bertz CT molecular complexity index is 1160. The van der Waals surface area contributed by atoms with Gasteiger partial charge in [0.1, 0.15) is 0 Å². The average molecular weight is 382 g/mol. The second-order valence-corrected chi connectivity index (χ2v) is 9.40. The molecule has 0 bridgehead atoms. The maximum Gasteiger partial charge on any atom is 0.269 e. The number of hydrogen-bond donors (Lipinski definition) is 0. The van der Waals surface area contributed by atoms with Gasteiger partial charge in [-0.05, 0) is 25.6 Å². The van der Waals surface area contributed by atoms with E-state index >= 15 is 0 Å². The largest absolute Gasteiger partial charge is 0.304 e. The predicted molar refractivity (Wildman–Crippen MR) is 107 cm³/mol. The fraction of sp³-hybridized carbons (Fsp3) is 0.333. The first-order valence-electron chi connectivity index (χ1n) is 9.37. The van der Waals surface area contributed by atoms with Gasteiger partial charge >= 0.3 is 0 Å². The quantitative estimate of drug-likeness (QED) is 0.536. The van der Waals surface area contributed by atoms with Gasteiger partial charge in [-0.3, -0.25) is 4.90 Å². The topological polar surface area (TPSA) is 45.5 Å². The van der Waals surface area contributed by atoms with Gasteiger partial charge in [0.2, 0.25) is 0 Å². The molecule has 3 heterocycles. The van der Waals surface area contributed by atoms with Gasteiger partial charge < -0.3 is 4.90 Å². The summed E-state index contributed by atoms with van der Waals surface area (Å²) in [5.41, 5.74) is 4.64. The summed E-state index contributed by atoms with van der Waals surface area (Å²) < 4.78 is 28.3. The minimum atomic E-state index is -3.55. The van der Waals surface area contributed by atoms with Crippen molar-refractivity contribution >= 4 is 20.9 Å². The highest BCUT2D eigenvalue weighted by molar-refractivity contribution is 7.90. The van der Waals surface area contributed by atoms with E-state index in [9.17, 15) is 8.42 Å². The fourth-order valence-electron chi connectivity index (χ4n) is 4.42. The third kappa shape index (κ3) is 2.40. The highest BCUT2D eigenvalue weighted by Crippen LogP contribution is 2.45. The number of aryl methyl sites for hydroxylation is 1. The van der Waals surface area contributed by atoms with Crippen LogP contribution in [0, 0.1) is 6.92 Å². The Hall–Kier alpha value is -2.15. The molecule has 0 aliphatic carbocycles. The van der Waals surface area contributed by atoms with E-state index in [2.05, 4.69) is 22.9 Å². The van der Waals surface area contributed by atoms with Crippen molar-refractivity contribution in [2.45, 2.75) is 18.4 Å². The molecule has 5 nitrogen and oxygen atoms in total. The molecule has 27 heavy (non-hydrogen) atoms. The number of hydrogen-bond acceptors (Lipinski definition) is 4. The molecule has 0 saturated carbocycles. The SMILES string of the molecule is Cc1cccc2c(CN3CCN(C)CC3)c3n(c12)S(=O)(=O)c1ccccc1-3. The van der Waals surface area contributed by atoms with Gasteiger partial charge in [-0.15, -0.1) is 0 Å². The lowest BCUT2D eigenvalue weighted by Gasteiger charge is -2.32. The molecule has 0 amide bonds. The lowest BCUT2D eigenvalue weighted by Crippen LogP contribution is -2.43. The van der Waals surface area contributed by atoms with Gasteiger partial charge in [0.05, 0.1) is 16.1 Å². The maximum atomic E-state index is 13.3. The second-order valence-electron chi connectivity index (χ2n) is 7.64. The molecule has 1 saturated heterocycles. The van der Waals surface area contributed by atoms with E-state index in [0.29, 0.717) is 4.90 Å². The van der Waals surface area contributed by atoms with Gasteiger partial charge in [0.15, 0.2) is 0 Å². The molecule has 0 unspecified atom stereocenters. The third-order valence-electron chi connectivity index (χ3n) is 5.89. The molecule has 1 aromatic heterocycles. The van der Waals surface area contributed by atoms with E-state index in [1.54, 1.807) is 16.1 Å². The highest BCUT2D eigenvalue weighted by Gasteiger charge is 2.37. The Morgan fingerprint density at radius 3 is 2.48 bits per heavy atom. The number of rotatable bonds is 2. The zero-order valence-electron chi connectivity index (χ0n) is 15.6. The summed E-state index contributed by atoms with van der Waals surface area (Å²) >= 11 is 0. The molecule has 0 N–H and O–H groups in total. The molecule has 6 heteroatoms. The summed E-state index contributed by atoms with van der Waals surface area (Å²) in [7, 11) is -1.41. The molecule has 2 aliphatic heterocycles. The molecule has 140 valence electrons. The first kappa shape index (κ1) is 17.0. The standard InChI is InChI=1S/C21H23N3O2S/c1-15-6-5-8-16-18(14-23-12-10-22(2)11-13-23)21-17-7-3-4-9-19(17)27(25,26)24(21)20(15)16/h3-9H,10-14H2,1-2H3. The summed E-state index contributed by atoms with van der Waals surface area (Å²) in [5.74, 6) is 0. The van der Waals surface area contributed by atoms with E-state index in [0.717, 1.165) is 66.0 Å². The zero-order valence-corrected chi connectivity index (χ0v) is 16.5. The van der Waals surface area contributed by atoms with Crippen LogP contribution in [0.1, 0.15) is 11.1 Å². The molecule has 3 aromatic rings. The first-order chi connectivity index (χ1) is 13.0. The number of aromatic nitrogens is 1. The molecule has 0 radical (unpaired) electrons. The number of nitrogens with zero attached hydrogens (tertiary/aromatic N) is 3. The van der Waals surface area contributed by atoms with Crippen LogP contribution in [-0.4, -0.2) is 55.4 Å². The Kier molecular flexibility index (Phi) is 3.73. The van der Waals surface area contributed by atoms with Gasteiger partial charge in [0.25, 0.3) is 10.0 Å². The molecule has 1 fully saturated rings. The summed E-state index contributed by atoms with van der Waals surface area (Å²) in [6, 6.07) is 13.5. The van der Waals surface area contributed by atoms with Gasteiger partial charge in [-0.1, -0.05) is 36.4 Å². The summed E-state index contributed by atoms with van der Waals surface area (Å²) in [5, 5.41) is 1.06. The van der Waals surface area contributed by atoms with Crippen molar-refractivity contribution in [2.24, 2.45) is 0 Å². The first-order valence-corrected chi connectivity index (χ1v) is 10.8. The summed E-state index contributed by atoms with van der Waals surface area (Å²) in [6.07, 6.45) is 0. The number of fused-ring (bicyclic) bond motifs is 5. The van der Waals surface area contributed by atoms with Crippen molar-refractivity contribution < 1.29 is 8.42 Å². The van der Waals surface area contributed by atoms with Gasteiger partial charge in [-0.2, -0.15) is 0 Å². The van der Waals surface area contributed by atoms with Crippen molar-refractivity contribution in [1.82, 2.24) is 13.8 Å². The van der Waals surface area contributed by atoms with E-state index in [4.69, 9.17) is 0 Å². The van der Waals surface area contributed by atoms with Crippen LogP contribution in [0.15, 0.2) is 47.4 Å². The monoisotopic (exact) mass is 381 g/mol. The van der Waals surface area contributed by atoms with Crippen LogP contribution in [0.2, 0.25) is 0 Å². The van der Waals surface area contributed by atoms with Gasteiger partial charge in [0, 0.05) is 49.2 Å². The van der Waals surface area contributed by atoms with Crippen LogP contribution in [0.25, 0.3) is 22.2 Å². The smallest absolute Gasteiger partial charge is 0.269 e. The third-order valence-corrected chi connectivity index (χ3v) is 7.65. The number of para-hydroxylation sites is 1. The summed E-state index contributed by atoms with van der Waals surface area (Å²) in [6.45, 7) is 6.86. The zero-order chi connectivity index (χ0) is 18.8. The van der Waals surface area contributed by atoms with Crippen molar-refractivity contribution in [3.63, 3.8) is 0 Å². The molecule has 0 spiro atoms. The van der Waals surface area contributed by atoms with Crippen molar-refractivity contribution in [2.75, 3.05) is 33.2 Å². The molecule has 2 aromatic carbocycles. The lowest BCUT2D eigenvalue weighted by molar-refractivity contribution is 0.148. The number of benzene rings is 2. The van der Waals surface area contributed by atoms with Crippen LogP contribution in [0.3, 0.4) is 0 Å². The normalized spacial score (nSPS) is 19.3. The number of piperazine rings is 1. The second kappa shape index (κ2) is 5.92. The van der Waals surface area contributed by atoms with Crippen LogP contribution >= 0.6 is 0 Å². The minimum Gasteiger partial charge on any atom is -0.304 e. The van der Waals surface area contributed by atoms with E-state index < -0.39 is 10.0 Å². The average Bonchev–Trinajstić information content (AvgIpc) is 3.10. The molecule has 5 rings (SSSR count). The Balaban J connectivity index is 1.77. The number of likely N-dealkylation sites (N-methyl/N-ethyl adjacent to an activating group) is 1. The predicted octanol–water partition coefficient (Wildman–Crippen LogP) is 2.91. The maximum absolute atomic E-state index is 13.3. The lowest BCUT2D eigenvalue weighted by atomic mass is 10.0. The van der Waals surface area contributed by atoms with Crippen LogP contribution in [0.5, 0.6) is 0 Å². The Labute approximate surface area is 159 Å². The highest BCUT2D eigenvalue weighted by atomic mass is 32.2. The van der Waals surface area contributed by atoms with E-state index in [1.165, 1.54) is 0 Å². The van der Waals surface area contributed by atoms with Gasteiger partial charge in [-0.25, -0.2) is 12.4 Å². The Morgan fingerprint density at radius 1 is 0.963 bits per heavy atom. The molecular formula is C21H23N3O2S. The Morgan fingerprint density at radius 2 is 1.70 bits per heavy atom. The minimum absolute atomic E-state index is 0.421. The van der Waals surface area contributed by atoms with E-state index in [1.807, 2.05) is 31.2 Å². The van der Waals surface area contributed by atoms with Crippen LogP contribution < -0.4 is 0 Å². The van der Waals surface area contributed by atoms with Crippen LogP contribution in [-0.2, 0) is 16.6 Å². The summed E-state index contributed by atoms with van der Waals surface area (Å²) in [4.78, 5) is 5.19. The van der Waals surface area contributed by atoms with Crippen molar-refractivity contribution in [1.29, 1.82) is 0 Å². The van der Waals surface area contributed by atoms with E-state index in [-0.39, 0.29) is 0 Å².